The Morgan fingerprint density at radius 2 is 1.45 bits per heavy atom. The molecule has 0 aliphatic carbocycles. The smallest absolute Gasteiger partial charge is 0.321 e. The van der Waals surface area contributed by atoms with E-state index in [2.05, 4.69) is 21.2 Å². The van der Waals surface area contributed by atoms with Gasteiger partial charge in [0.2, 0.25) is 0 Å². The average molecular weight is 608 g/mol. The monoisotopic (exact) mass is 607 g/mol. The highest BCUT2D eigenvalue weighted by molar-refractivity contribution is 9.10. The number of ketones is 1. The number of benzene rings is 3. The molecule has 0 saturated carbocycles. The van der Waals surface area contributed by atoms with Crippen molar-refractivity contribution in [1.82, 2.24) is 0 Å². The van der Waals surface area contributed by atoms with Crippen molar-refractivity contribution in [2.24, 2.45) is 0 Å². The van der Waals surface area contributed by atoms with Gasteiger partial charge >= 0.3 is 18.0 Å². The molecule has 3 aromatic carbocycles. The van der Waals surface area contributed by atoms with E-state index in [1.807, 2.05) is 0 Å². The number of halogens is 9. The zero-order chi connectivity index (χ0) is 28.6. The summed E-state index contributed by atoms with van der Waals surface area (Å²) in [5, 5.41) is 2.22. The topological polar surface area (TPSA) is 46.2 Å². The molecule has 0 spiro atoms. The van der Waals surface area contributed by atoms with E-state index in [1.165, 1.54) is 19.1 Å². The maximum Gasteiger partial charge on any atom is 0.435 e. The Balaban J connectivity index is 1.96. The van der Waals surface area contributed by atoms with Crippen molar-refractivity contribution in [3.63, 3.8) is 0 Å². The second-order valence-corrected chi connectivity index (χ2v) is 9.27. The molecule has 3 rings (SSSR count). The van der Waals surface area contributed by atoms with Gasteiger partial charge in [-0.15, -0.1) is 0 Å². The standard InChI is InChI=1S/C26H18BrF8NO2/c1-13-11-16(24(29,25(30,31)32)26(33,34)35)12-19(27)21(13)36-23(38)18-10-6-9-17(20(18)28)14(2)22(37)15-7-4-3-5-8-15/h3-12,14H,1-2H3,(H,36,38). The minimum atomic E-state index is -6.32. The molecule has 1 atom stereocenters. The Morgan fingerprint density at radius 1 is 0.868 bits per heavy atom. The van der Waals surface area contributed by atoms with Crippen LogP contribution in [0, 0.1) is 12.7 Å². The fourth-order valence-electron chi connectivity index (χ4n) is 3.82. The van der Waals surface area contributed by atoms with E-state index in [4.69, 9.17) is 0 Å². The third kappa shape index (κ3) is 5.31. The average Bonchev–Trinajstić information content (AvgIpc) is 2.83. The zero-order valence-corrected chi connectivity index (χ0v) is 21.2. The first-order chi connectivity index (χ1) is 17.5. The van der Waals surface area contributed by atoms with Crippen LogP contribution in [0.1, 0.15) is 50.2 Å². The molecule has 0 fully saturated rings. The van der Waals surface area contributed by atoms with Crippen LogP contribution in [0.15, 0.2) is 65.1 Å². The van der Waals surface area contributed by atoms with Gasteiger partial charge in [-0.05, 0) is 46.1 Å². The van der Waals surface area contributed by atoms with E-state index < -0.39 is 57.0 Å². The van der Waals surface area contributed by atoms with Crippen molar-refractivity contribution < 1.29 is 44.7 Å². The Kier molecular flexibility index (Phi) is 8.07. The Bertz CT molecular complexity index is 1330. The number of nitrogens with one attached hydrogen (secondary N) is 1. The van der Waals surface area contributed by atoms with E-state index in [9.17, 15) is 40.3 Å². The Labute approximate surface area is 220 Å². The lowest BCUT2D eigenvalue weighted by molar-refractivity contribution is -0.348. The fraction of sp³-hybridized carbons (Fsp3) is 0.231. The summed E-state index contributed by atoms with van der Waals surface area (Å²) in [4.78, 5) is 25.6. The van der Waals surface area contributed by atoms with E-state index >= 15 is 4.39 Å². The molecule has 0 bridgehead atoms. The van der Waals surface area contributed by atoms with Crippen molar-refractivity contribution >= 4 is 33.3 Å². The summed E-state index contributed by atoms with van der Waals surface area (Å²) in [7, 11) is 0. The molecule has 1 N–H and O–H groups in total. The normalized spacial score (nSPS) is 13.2. The van der Waals surface area contributed by atoms with Crippen LogP contribution in [0.4, 0.5) is 40.8 Å². The Morgan fingerprint density at radius 3 is 1.97 bits per heavy atom. The SMILES string of the molecule is Cc1cc(C(F)(C(F)(F)F)C(F)(F)F)cc(Br)c1NC(=O)c1cccc(C(C)C(=O)c2ccccc2)c1F. The number of hydrogen-bond acceptors (Lipinski definition) is 2. The molecule has 3 aromatic rings. The predicted octanol–water partition coefficient (Wildman–Crippen LogP) is 8.42. The largest absolute Gasteiger partial charge is 0.435 e. The number of amides is 1. The molecule has 38 heavy (non-hydrogen) atoms. The van der Waals surface area contributed by atoms with Gasteiger partial charge in [0, 0.05) is 21.5 Å². The predicted molar refractivity (Wildman–Crippen MR) is 127 cm³/mol. The highest BCUT2D eigenvalue weighted by Gasteiger charge is 2.73. The molecule has 0 radical (unpaired) electrons. The minimum Gasteiger partial charge on any atom is -0.321 e. The summed E-state index contributed by atoms with van der Waals surface area (Å²) < 4.78 is 108. The molecule has 3 nitrogen and oxygen atoms in total. The van der Waals surface area contributed by atoms with Gasteiger partial charge < -0.3 is 5.32 Å². The first-order valence-electron chi connectivity index (χ1n) is 10.8. The number of alkyl halides is 7. The highest BCUT2D eigenvalue weighted by Crippen LogP contribution is 2.54. The third-order valence-electron chi connectivity index (χ3n) is 5.90. The van der Waals surface area contributed by atoms with Crippen LogP contribution in [0.3, 0.4) is 0 Å². The number of aryl methyl sites for hydroxylation is 1. The number of Topliss-reactive ketones (excluding diaryl/α,β-unsaturated/α-hetero) is 1. The first-order valence-corrected chi connectivity index (χ1v) is 11.6. The summed E-state index contributed by atoms with van der Waals surface area (Å²) >= 11 is 2.77. The van der Waals surface area contributed by atoms with Gasteiger partial charge in [0.1, 0.15) is 5.82 Å². The van der Waals surface area contributed by atoms with Gasteiger partial charge in [-0.2, -0.15) is 26.3 Å². The van der Waals surface area contributed by atoms with Gasteiger partial charge in [0.15, 0.2) is 5.78 Å². The quantitative estimate of drug-likeness (QED) is 0.226. The van der Waals surface area contributed by atoms with Crippen molar-refractivity contribution in [1.29, 1.82) is 0 Å². The molecule has 1 unspecified atom stereocenters. The lowest BCUT2D eigenvalue weighted by atomic mass is 9.90. The van der Waals surface area contributed by atoms with Gasteiger partial charge in [-0.3, -0.25) is 9.59 Å². The molecule has 1 amide bonds. The number of carbonyl (C=O) groups excluding carboxylic acids is 2. The van der Waals surface area contributed by atoms with Crippen molar-refractivity contribution in [3.05, 3.63) is 98.8 Å². The summed E-state index contributed by atoms with van der Waals surface area (Å²) in [6.45, 7) is 2.49. The first kappa shape index (κ1) is 29.3. The minimum absolute atomic E-state index is 0.102. The number of hydrogen-bond donors (Lipinski definition) is 1. The molecule has 0 saturated heterocycles. The third-order valence-corrected chi connectivity index (χ3v) is 6.52. The summed E-state index contributed by atoms with van der Waals surface area (Å²) in [5.41, 5.74) is -8.40. The summed E-state index contributed by atoms with van der Waals surface area (Å²) in [5.74, 6) is -3.54. The summed E-state index contributed by atoms with van der Waals surface area (Å²) in [6.07, 6.45) is -12.6. The van der Waals surface area contributed by atoms with Crippen LogP contribution in [-0.4, -0.2) is 24.0 Å². The van der Waals surface area contributed by atoms with E-state index in [-0.39, 0.29) is 22.9 Å². The van der Waals surface area contributed by atoms with Gasteiger partial charge in [-0.25, -0.2) is 8.78 Å². The van der Waals surface area contributed by atoms with Crippen LogP contribution in [0.25, 0.3) is 0 Å². The second-order valence-electron chi connectivity index (χ2n) is 8.42. The summed E-state index contributed by atoms with van der Waals surface area (Å²) in [6, 6.07) is 12.3. The van der Waals surface area contributed by atoms with E-state index in [0.717, 1.165) is 13.0 Å². The number of carbonyl (C=O) groups is 2. The van der Waals surface area contributed by atoms with E-state index in [1.54, 1.807) is 30.3 Å². The second kappa shape index (κ2) is 10.5. The lowest BCUT2D eigenvalue weighted by Crippen LogP contribution is -2.50. The van der Waals surface area contributed by atoms with E-state index in [0.29, 0.717) is 11.6 Å². The van der Waals surface area contributed by atoms with Gasteiger partial charge in [0.05, 0.1) is 11.3 Å². The van der Waals surface area contributed by atoms with Crippen LogP contribution in [0.5, 0.6) is 0 Å². The molecule has 0 aliphatic heterocycles. The van der Waals surface area contributed by atoms with Crippen molar-refractivity contribution in [2.75, 3.05) is 5.32 Å². The van der Waals surface area contributed by atoms with Crippen LogP contribution in [0.2, 0.25) is 0 Å². The van der Waals surface area contributed by atoms with Crippen LogP contribution < -0.4 is 5.32 Å². The maximum atomic E-state index is 15.3. The number of anilines is 1. The van der Waals surface area contributed by atoms with Gasteiger partial charge in [-0.1, -0.05) is 55.5 Å². The molecule has 0 aromatic heterocycles. The molecule has 0 aliphatic rings. The number of rotatable bonds is 6. The van der Waals surface area contributed by atoms with Crippen molar-refractivity contribution in [3.8, 4) is 0 Å². The van der Waals surface area contributed by atoms with Crippen LogP contribution in [-0.2, 0) is 5.67 Å². The highest BCUT2D eigenvalue weighted by atomic mass is 79.9. The van der Waals surface area contributed by atoms with Crippen LogP contribution >= 0.6 is 15.9 Å². The zero-order valence-electron chi connectivity index (χ0n) is 19.6. The molecular formula is C26H18BrF8NO2. The Hall–Kier alpha value is -3.28. The molecule has 12 heteroatoms. The maximum absolute atomic E-state index is 15.3. The molecule has 0 heterocycles. The van der Waals surface area contributed by atoms with Crippen molar-refractivity contribution in [2.45, 2.75) is 37.8 Å². The molecular weight excluding hydrogens is 590 g/mol. The van der Waals surface area contributed by atoms with Gasteiger partial charge in [0.25, 0.3) is 5.91 Å². The molecule has 202 valence electrons. The fourth-order valence-corrected chi connectivity index (χ4v) is 4.48. The lowest BCUT2D eigenvalue weighted by Gasteiger charge is -2.31.